The van der Waals surface area contributed by atoms with Crippen LogP contribution in [0.2, 0.25) is 0 Å². The minimum Gasteiger partial charge on any atom is -0.313 e. The topological polar surface area (TPSA) is 42.7 Å². The van der Waals surface area contributed by atoms with Crippen molar-refractivity contribution >= 4 is 15.9 Å². The van der Waals surface area contributed by atoms with Crippen LogP contribution in [0.3, 0.4) is 0 Å². The molecule has 0 amide bonds. The smallest absolute Gasteiger partial charge is 0.217 e. The van der Waals surface area contributed by atoms with Gasteiger partial charge in [-0.2, -0.15) is 0 Å². The van der Waals surface area contributed by atoms with Crippen molar-refractivity contribution in [3.8, 4) is 0 Å². The molecule has 0 spiro atoms. The first-order valence-electron chi connectivity index (χ1n) is 2.94. The van der Waals surface area contributed by atoms with Crippen LogP contribution in [0, 0.1) is 0 Å². The molecule has 0 aliphatic heterocycles. The third kappa shape index (κ3) is 1.54. The second kappa shape index (κ2) is 3.12. The number of hydrogen-bond acceptors (Lipinski definition) is 3. The van der Waals surface area contributed by atoms with Gasteiger partial charge in [0.1, 0.15) is 5.82 Å². The second-order valence-corrected chi connectivity index (χ2v) is 2.66. The molecule has 1 rings (SSSR count). The van der Waals surface area contributed by atoms with Crippen molar-refractivity contribution in [2.45, 2.75) is 6.54 Å². The van der Waals surface area contributed by atoms with E-state index >= 15 is 0 Å². The van der Waals surface area contributed by atoms with Gasteiger partial charge in [-0.1, -0.05) is 0 Å². The lowest BCUT2D eigenvalue weighted by atomic mass is 10.6. The van der Waals surface area contributed by atoms with Crippen LogP contribution in [0.5, 0.6) is 0 Å². The van der Waals surface area contributed by atoms with Crippen molar-refractivity contribution in [3.63, 3.8) is 0 Å². The van der Waals surface area contributed by atoms with Crippen LogP contribution in [0.15, 0.2) is 4.73 Å². The molecule has 0 atom stereocenters. The summed E-state index contributed by atoms with van der Waals surface area (Å²) in [5.74, 6) is 0.925. The second-order valence-electron chi connectivity index (χ2n) is 1.95. The predicted octanol–water partition coefficient (Wildman–Crippen LogP) is 0.297. The minimum atomic E-state index is 0.639. The van der Waals surface area contributed by atoms with E-state index in [4.69, 9.17) is 0 Å². The first-order valence-corrected chi connectivity index (χ1v) is 3.73. The number of rotatable bonds is 2. The first-order chi connectivity index (χ1) is 4.74. The molecular formula is C5H9BrN4. The van der Waals surface area contributed by atoms with Crippen LogP contribution in [-0.2, 0) is 13.6 Å². The number of nitrogens with zero attached hydrogens (tertiary/aromatic N) is 3. The van der Waals surface area contributed by atoms with Gasteiger partial charge >= 0.3 is 0 Å². The van der Waals surface area contributed by atoms with Gasteiger partial charge in [-0.25, -0.2) is 4.98 Å². The Bertz CT molecular complexity index is 219. The SMILES string of the molecule is CNCc1nc(Br)nn1C. The standard InChI is InChI=1S/C5H9BrN4/c1-7-3-4-8-5(6)9-10(4)2/h7H,3H2,1-2H3. The highest BCUT2D eigenvalue weighted by Crippen LogP contribution is 2.02. The van der Waals surface area contributed by atoms with Gasteiger partial charge in [0, 0.05) is 7.05 Å². The van der Waals surface area contributed by atoms with Gasteiger partial charge in [0.05, 0.1) is 6.54 Å². The lowest BCUT2D eigenvalue weighted by molar-refractivity contribution is 0.658. The van der Waals surface area contributed by atoms with Gasteiger partial charge in [-0.05, 0) is 23.0 Å². The van der Waals surface area contributed by atoms with E-state index < -0.39 is 0 Å². The van der Waals surface area contributed by atoms with E-state index in [1.807, 2.05) is 14.1 Å². The van der Waals surface area contributed by atoms with Gasteiger partial charge in [0.2, 0.25) is 4.73 Å². The normalized spacial score (nSPS) is 10.3. The van der Waals surface area contributed by atoms with Crippen LogP contribution < -0.4 is 5.32 Å². The largest absolute Gasteiger partial charge is 0.313 e. The fourth-order valence-electron chi connectivity index (χ4n) is 0.695. The average molecular weight is 205 g/mol. The van der Waals surface area contributed by atoms with E-state index in [0.717, 1.165) is 12.4 Å². The molecule has 0 aliphatic carbocycles. The third-order valence-electron chi connectivity index (χ3n) is 1.16. The number of nitrogens with one attached hydrogen (secondary N) is 1. The number of halogens is 1. The Labute approximate surface area is 67.8 Å². The predicted molar refractivity (Wildman–Crippen MR) is 41.5 cm³/mol. The lowest BCUT2D eigenvalue weighted by Crippen LogP contribution is -2.10. The molecule has 4 nitrogen and oxygen atoms in total. The van der Waals surface area contributed by atoms with Crippen molar-refractivity contribution in [3.05, 3.63) is 10.6 Å². The summed E-state index contributed by atoms with van der Waals surface area (Å²) in [4.78, 5) is 4.11. The zero-order valence-corrected chi connectivity index (χ0v) is 7.51. The van der Waals surface area contributed by atoms with E-state index in [1.54, 1.807) is 4.68 Å². The quantitative estimate of drug-likeness (QED) is 0.754. The third-order valence-corrected chi connectivity index (χ3v) is 1.50. The maximum absolute atomic E-state index is 4.11. The molecule has 1 heterocycles. The average Bonchev–Trinajstić information content (AvgIpc) is 2.13. The maximum atomic E-state index is 4.11. The molecule has 0 aromatic carbocycles. The van der Waals surface area contributed by atoms with Crippen molar-refractivity contribution in [1.29, 1.82) is 0 Å². The molecule has 10 heavy (non-hydrogen) atoms. The monoisotopic (exact) mass is 204 g/mol. The summed E-state index contributed by atoms with van der Waals surface area (Å²) in [6.07, 6.45) is 0. The fraction of sp³-hybridized carbons (Fsp3) is 0.600. The molecule has 0 radical (unpaired) electrons. The lowest BCUT2D eigenvalue weighted by Gasteiger charge is -1.95. The zero-order valence-electron chi connectivity index (χ0n) is 5.93. The summed E-state index contributed by atoms with van der Waals surface area (Å²) in [5, 5.41) is 7.01. The van der Waals surface area contributed by atoms with Crippen molar-refractivity contribution < 1.29 is 0 Å². The van der Waals surface area contributed by atoms with E-state index in [9.17, 15) is 0 Å². The molecule has 0 bridgehead atoms. The van der Waals surface area contributed by atoms with Crippen LogP contribution in [0.25, 0.3) is 0 Å². The summed E-state index contributed by atoms with van der Waals surface area (Å²) in [5.41, 5.74) is 0. The van der Waals surface area contributed by atoms with E-state index in [-0.39, 0.29) is 0 Å². The zero-order chi connectivity index (χ0) is 7.56. The van der Waals surface area contributed by atoms with E-state index in [2.05, 4.69) is 31.3 Å². The number of aromatic nitrogens is 3. The molecule has 1 aromatic rings. The Balaban J connectivity index is 2.81. The van der Waals surface area contributed by atoms with Crippen LogP contribution in [0.4, 0.5) is 0 Å². The van der Waals surface area contributed by atoms with E-state index in [1.165, 1.54) is 0 Å². The number of hydrogen-bond donors (Lipinski definition) is 1. The van der Waals surface area contributed by atoms with Crippen LogP contribution >= 0.6 is 15.9 Å². The van der Waals surface area contributed by atoms with Gasteiger partial charge < -0.3 is 5.32 Å². The minimum absolute atomic E-state index is 0.639. The van der Waals surface area contributed by atoms with Crippen LogP contribution in [0.1, 0.15) is 5.82 Å². The molecule has 0 saturated heterocycles. The first kappa shape index (κ1) is 7.68. The molecule has 0 fully saturated rings. The highest BCUT2D eigenvalue weighted by Gasteiger charge is 2.01. The molecular weight excluding hydrogens is 196 g/mol. The summed E-state index contributed by atoms with van der Waals surface area (Å²) in [7, 11) is 3.74. The van der Waals surface area contributed by atoms with Crippen LogP contribution in [-0.4, -0.2) is 21.8 Å². The molecule has 0 unspecified atom stereocenters. The highest BCUT2D eigenvalue weighted by molar-refractivity contribution is 9.10. The molecule has 56 valence electrons. The molecule has 0 aliphatic rings. The van der Waals surface area contributed by atoms with Crippen molar-refractivity contribution in [2.24, 2.45) is 7.05 Å². The van der Waals surface area contributed by atoms with E-state index in [0.29, 0.717) is 4.73 Å². The summed E-state index contributed by atoms with van der Waals surface area (Å²) in [6, 6.07) is 0. The van der Waals surface area contributed by atoms with Crippen molar-refractivity contribution in [1.82, 2.24) is 20.1 Å². The fourth-order valence-corrected chi connectivity index (χ4v) is 1.14. The number of aryl methyl sites for hydroxylation is 1. The highest BCUT2D eigenvalue weighted by atomic mass is 79.9. The van der Waals surface area contributed by atoms with Gasteiger partial charge in [0.15, 0.2) is 0 Å². The Hall–Kier alpha value is -0.420. The molecule has 0 saturated carbocycles. The summed E-state index contributed by atoms with van der Waals surface area (Å²) in [6.45, 7) is 0.745. The summed E-state index contributed by atoms with van der Waals surface area (Å²) >= 11 is 3.18. The van der Waals surface area contributed by atoms with Gasteiger partial charge in [0.25, 0.3) is 0 Å². The molecule has 1 aromatic heterocycles. The Morgan fingerprint density at radius 1 is 1.70 bits per heavy atom. The Morgan fingerprint density at radius 2 is 2.40 bits per heavy atom. The van der Waals surface area contributed by atoms with Crippen molar-refractivity contribution in [2.75, 3.05) is 7.05 Å². The maximum Gasteiger partial charge on any atom is 0.217 e. The van der Waals surface area contributed by atoms with Gasteiger partial charge in [-0.15, -0.1) is 5.10 Å². The summed E-state index contributed by atoms with van der Waals surface area (Å²) < 4.78 is 2.38. The Morgan fingerprint density at radius 3 is 2.80 bits per heavy atom. The Kier molecular flexibility index (Phi) is 2.39. The molecule has 1 N–H and O–H groups in total. The molecule has 5 heteroatoms. The van der Waals surface area contributed by atoms with Gasteiger partial charge in [-0.3, -0.25) is 4.68 Å².